The summed E-state index contributed by atoms with van der Waals surface area (Å²) in [6.07, 6.45) is 0. The zero-order valence-electron chi connectivity index (χ0n) is 11.8. The van der Waals surface area contributed by atoms with Crippen molar-refractivity contribution in [2.45, 2.75) is 9.92 Å². The van der Waals surface area contributed by atoms with Gasteiger partial charge in [0, 0.05) is 17.3 Å². The highest BCUT2D eigenvalue weighted by atomic mass is 32.2. The minimum absolute atomic E-state index is 0.629. The molecule has 4 nitrogen and oxygen atoms in total. The summed E-state index contributed by atoms with van der Waals surface area (Å²) in [6, 6.07) is 16.0. The molecule has 21 heavy (non-hydrogen) atoms. The number of benzene rings is 2. The first-order valence-corrected chi connectivity index (χ1v) is 7.38. The zero-order chi connectivity index (χ0) is 14.7. The first-order valence-electron chi connectivity index (χ1n) is 6.56. The molecule has 0 saturated carbocycles. The molecule has 0 amide bonds. The van der Waals surface area contributed by atoms with E-state index < -0.39 is 0 Å². The number of anilines is 1. The van der Waals surface area contributed by atoms with Crippen LogP contribution in [0.1, 0.15) is 0 Å². The molecule has 0 atom stereocenters. The van der Waals surface area contributed by atoms with Gasteiger partial charge < -0.3 is 10.1 Å². The van der Waals surface area contributed by atoms with Crippen LogP contribution >= 0.6 is 11.8 Å². The predicted octanol–water partition coefficient (Wildman–Crippen LogP) is 3.83. The van der Waals surface area contributed by atoms with E-state index in [1.54, 1.807) is 18.9 Å². The largest absolute Gasteiger partial charge is 0.497 e. The topological polar surface area (TPSA) is 47.0 Å². The van der Waals surface area contributed by atoms with E-state index >= 15 is 0 Å². The molecule has 0 aliphatic rings. The summed E-state index contributed by atoms with van der Waals surface area (Å²) in [5.41, 5.74) is 0.938. The van der Waals surface area contributed by atoms with Gasteiger partial charge in [-0.3, -0.25) is 0 Å². The Bertz CT molecular complexity index is 759. The van der Waals surface area contributed by atoms with Crippen molar-refractivity contribution in [1.82, 2.24) is 9.97 Å². The predicted molar refractivity (Wildman–Crippen MR) is 86.2 cm³/mol. The summed E-state index contributed by atoms with van der Waals surface area (Å²) < 4.78 is 5.18. The molecule has 0 fully saturated rings. The first kappa shape index (κ1) is 13.7. The van der Waals surface area contributed by atoms with E-state index in [0.29, 0.717) is 5.95 Å². The average molecular weight is 297 g/mol. The smallest absolute Gasteiger partial charge is 0.224 e. The highest BCUT2D eigenvalue weighted by Crippen LogP contribution is 2.32. The number of rotatable bonds is 4. The number of nitrogens with one attached hydrogen (secondary N) is 1. The van der Waals surface area contributed by atoms with Gasteiger partial charge in [-0.25, -0.2) is 9.97 Å². The summed E-state index contributed by atoms with van der Waals surface area (Å²) in [5, 5.41) is 5.00. The minimum Gasteiger partial charge on any atom is -0.497 e. The average Bonchev–Trinajstić information content (AvgIpc) is 2.55. The molecule has 0 bridgehead atoms. The Balaban J connectivity index is 2.01. The maximum absolute atomic E-state index is 5.18. The van der Waals surface area contributed by atoms with E-state index in [0.717, 1.165) is 26.6 Å². The summed E-state index contributed by atoms with van der Waals surface area (Å²) in [4.78, 5) is 10.1. The molecule has 1 aromatic heterocycles. The highest BCUT2D eigenvalue weighted by Gasteiger charge is 2.08. The Kier molecular flexibility index (Phi) is 3.92. The van der Waals surface area contributed by atoms with Crippen LogP contribution in [0.5, 0.6) is 5.75 Å². The van der Waals surface area contributed by atoms with E-state index in [4.69, 9.17) is 4.74 Å². The second kappa shape index (κ2) is 6.01. The number of methoxy groups -OCH3 is 1. The van der Waals surface area contributed by atoms with E-state index in [2.05, 4.69) is 15.3 Å². The number of fused-ring (bicyclic) bond motifs is 1. The Morgan fingerprint density at radius 2 is 1.76 bits per heavy atom. The molecule has 5 heteroatoms. The second-order valence-corrected chi connectivity index (χ2v) is 5.46. The Hall–Kier alpha value is -2.27. The Morgan fingerprint density at radius 3 is 2.48 bits per heavy atom. The third-order valence-electron chi connectivity index (χ3n) is 3.07. The quantitative estimate of drug-likeness (QED) is 0.742. The summed E-state index contributed by atoms with van der Waals surface area (Å²) in [7, 11) is 3.49. The molecule has 106 valence electrons. The van der Waals surface area contributed by atoms with Gasteiger partial charge in [-0.1, -0.05) is 30.0 Å². The van der Waals surface area contributed by atoms with Crippen molar-refractivity contribution < 1.29 is 4.74 Å². The maximum atomic E-state index is 5.18. The van der Waals surface area contributed by atoms with Gasteiger partial charge in [-0.2, -0.15) is 0 Å². The van der Waals surface area contributed by atoms with Crippen molar-refractivity contribution in [3.05, 3.63) is 48.5 Å². The molecule has 0 unspecified atom stereocenters. The molecule has 2 aromatic carbocycles. The maximum Gasteiger partial charge on any atom is 0.224 e. The third kappa shape index (κ3) is 2.92. The van der Waals surface area contributed by atoms with Crippen LogP contribution in [0.25, 0.3) is 10.9 Å². The van der Waals surface area contributed by atoms with E-state index in [9.17, 15) is 0 Å². The van der Waals surface area contributed by atoms with Crippen molar-refractivity contribution in [3.63, 3.8) is 0 Å². The lowest BCUT2D eigenvalue weighted by Gasteiger charge is -2.08. The third-order valence-corrected chi connectivity index (χ3v) is 4.08. The normalized spacial score (nSPS) is 10.6. The lowest BCUT2D eigenvalue weighted by atomic mass is 10.2. The van der Waals surface area contributed by atoms with Crippen LogP contribution < -0.4 is 10.1 Å². The van der Waals surface area contributed by atoms with Crippen LogP contribution in [0.15, 0.2) is 58.5 Å². The summed E-state index contributed by atoms with van der Waals surface area (Å²) in [6.45, 7) is 0. The van der Waals surface area contributed by atoms with Crippen LogP contribution in [0.3, 0.4) is 0 Å². The second-order valence-electron chi connectivity index (χ2n) is 4.40. The zero-order valence-corrected chi connectivity index (χ0v) is 12.6. The summed E-state index contributed by atoms with van der Waals surface area (Å²) in [5.74, 6) is 1.48. The van der Waals surface area contributed by atoms with E-state index in [-0.39, 0.29) is 0 Å². The van der Waals surface area contributed by atoms with Gasteiger partial charge >= 0.3 is 0 Å². The molecule has 0 spiro atoms. The number of hydrogen-bond acceptors (Lipinski definition) is 5. The van der Waals surface area contributed by atoms with Gasteiger partial charge in [0.15, 0.2) is 0 Å². The monoisotopic (exact) mass is 297 g/mol. The molecule has 0 aliphatic heterocycles. The molecule has 3 aromatic rings. The van der Waals surface area contributed by atoms with Crippen molar-refractivity contribution in [3.8, 4) is 5.75 Å². The fourth-order valence-electron chi connectivity index (χ4n) is 1.99. The van der Waals surface area contributed by atoms with Crippen LogP contribution in [-0.4, -0.2) is 24.1 Å². The lowest BCUT2D eigenvalue weighted by molar-refractivity contribution is 0.414. The number of aromatic nitrogens is 2. The molecular weight excluding hydrogens is 282 g/mol. The fraction of sp³-hybridized carbons (Fsp3) is 0.125. The SMILES string of the molecule is CNc1nc(Sc2ccc(OC)cc2)c2ccccc2n1. The van der Waals surface area contributed by atoms with E-state index in [1.807, 2.05) is 55.6 Å². The number of hydrogen-bond donors (Lipinski definition) is 1. The minimum atomic E-state index is 0.629. The van der Waals surface area contributed by atoms with Gasteiger partial charge in [-0.15, -0.1) is 0 Å². The number of nitrogens with zero attached hydrogens (tertiary/aromatic N) is 2. The van der Waals surface area contributed by atoms with Crippen molar-refractivity contribution in [2.75, 3.05) is 19.5 Å². The summed E-state index contributed by atoms with van der Waals surface area (Å²) >= 11 is 1.62. The van der Waals surface area contributed by atoms with Crippen molar-refractivity contribution in [1.29, 1.82) is 0 Å². The van der Waals surface area contributed by atoms with Gasteiger partial charge in [0.05, 0.1) is 12.6 Å². The Labute approximate surface area is 127 Å². The van der Waals surface area contributed by atoms with Gasteiger partial charge in [0.1, 0.15) is 10.8 Å². The first-order chi connectivity index (χ1) is 10.3. The molecule has 0 saturated heterocycles. The van der Waals surface area contributed by atoms with Crippen molar-refractivity contribution in [2.24, 2.45) is 0 Å². The molecule has 0 radical (unpaired) electrons. The molecule has 0 aliphatic carbocycles. The van der Waals surface area contributed by atoms with Gasteiger partial charge in [0.2, 0.25) is 5.95 Å². The molecular formula is C16H15N3OS. The molecule has 1 N–H and O–H groups in total. The van der Waals surface area contributed by atoms with Gasteiger partial charge in [-0.05, 0) is 30.3 Å². The standard InChI is InChI=1S/C16H15N3OS/c1-17-16-18-14-6-4-3-5-13(14)15(19-16)21-12-9-7-11(20-2)8-10-12/h3-10H,1-2H3,(H,17,18,19). The highest BCUT2D eigenvalue weighted by molar-refractivity contribution is 7.99. The van der Waals surface area contributed by atoms with E-state index in [1.165, 1.54) is 0 Å². The van der Waals surface area contributed by atoms with Crippen LogP contribution in [0.4, 0.5) is 5.95 Å². The fourth-order valence-corrected chi connectivity index (χ4v) is 2.90. The van der Waals surface area contributed by atoms with Gasteiger partial charge in [0.25, 0.3) is 0 Å². The molecule has 1 heterocycles. The van der Waals surface area contributed by atoms with Crippen molar-refractivity contribution >= 4 is 28.6 Å². The number of ether oxygens (including phenoxy) is 1. The van der Waals surface area contributed by atoms with Crippen LogP contribution in [-0.2, 0) is 0 Å². The van der Waals surface area contributed by atoms with Crippen LogP contribution in [0, 0.1) is 0 Å². The lowest BCUT2D eigenvalue weighted by Crippen LogP contribution is -1.98. The Morgan fingerprint density at radius 1 is 1.00 bits per heavy atom. The molecule has 3 rings (SSSR count). The van der Waals surface area contributed by atoms with Crippen LogP contribution in [0.2, 0.25) is 0 Å². The number of para-hydroxylation sites is 1.